The number of halogens is 1. The van der Waals surface area contributed by atoms with E-state index in [0.717, 1.165) is 113 Å². The Hall–Kier alpha value is -4.59. The molecule has 6 aliphatic rings. The third-order valence-electron chi connectivity index (χ3n) is 14.0. The van der Waals surface area contributed by atoms with Crippen molar-refractivity contribution in [1.82, 2.24) is 20.0 Å². The summed E-state index contributed by atoms with van der Waals surface area (Å²) in [6, 6.07) is 21.1. The van der Waals surface area contributed by atoms with E-state index < -0.39 is 0 Å². The normalized spacial score (nSPS) is 25.1. The molecule has 0 aliphatic carbocycles. The van der Waals surface area contributed by atoms with E-state index in [1.807, 2.05) is 47.1 Å². The summed E-state index contributed by atoms with van der Waals surface area (Å²) >= 11 is 6.39. The van der Waals surface area contributed by atoms with Gasteiger partial charge in [0, 0.05) is 99.9 Å². The minimum Gasteiger partial charge on any atom is -0.371 e. The summed E-state index contributed by atoms with van der Waals surface area (Å²) in [5, 5.41) is 12.8. The fraction of sp³-hybridized carbons (Fsp3) is 0.511. The fourth-order valence-electron chi connectivity index (χ4n) is 10.8. The summed E-state index contributed by atoms with van der Waals surface area (Å²) in [7, 11) is 0. The van der Waals surface area contributed by atoms with E-state index >= 15 is 0 Å². The second-order valence-electron chi connectivity index (χ2n) is 17.6. The molecule has 3 aromatic rings. The smallest absolute Gasteiger partial charge is 0.254 e. The average molecular weight is 774 g/mol. The highest BCUT2D eigenvalue weighted by Crippen LogP contribution is 2.46. The molecule has 3 amide bonds. The molecule has 6 aliphatic heterocycles. The molecule has 292 valence electrons. The molecule has 0 saturated carbocycles. The van der Waals surface area contributed by atoms with E-state index in [-0.39, 0.29) is 35.2 Å². The SMILES string of the molecule is CC1NC(=O)CCC1N1Cc2cc3c(cc2C1=O)CN(CC1CCN(C(=O)c2ccc(N4CCC5(CC4)C[C@H](C)N(c4ccc(C#N)c(Cl)c4)C5)cc2)CC1)C3. The molecular weight excluding hydrogens is 722 g/mol. The number of hydrogen-bond donors (Lipinski definition) is 1. The van der Waals surface area contributed by atoms with E-state index in [1.54, 1.807) is 0 Å². The standard InChI is InChI=1S/C45H52ClN7O3/c1-29-22-45(28-53(29)38-8-5-33(23-47)40(46)21-38)13-17-50(18-14-45)37-6-3-32(4-7-37)43(55)51-15-11-31(12-16-51)24-49-25-34-19-36-27-52(41-9-10-42(54)48-30(41)2)44(56)39(36)20-35(34)26-49/h3-8,19-21,29-31,41H,9-18,22,24-28H2,1-2H3,(H,48,54)/t29-,30?,41?/m0/s1. The summed E-state index contributed by atoms with van der Waals surface area (Å²) in [6.07, 6.45) is 6.60. The maximum absolute atomic E-state index is 13.6. The molecular formula is C45H52ClN7O3. The minimum atomic E-state index is -0.0308. The number of likely N-dealkylation sites (tertiary alicyclic amines) is 1. The largest absolute Gasteiger partial charge is 0.371 e. The summed E-state index contributed by atoms with van der Waals surface area (Å²) in [4.78, 5) is 50.4. The van der Waals surface area contributed by atoms with Crippen LogP contribution in [0.3, 0.4) is 0 Å². The number of nitrogens with zero attached hydrogens (tertiary/aromatic N) is 6. The van der Waals surface area contributed by atoms with E-state index in [2.05, 4.69) is 57.3 Å². The molecule has 56 heavy (non-hydrogen) atoms. The number of carbonyl (C=O) groups is 3. The van der Waals surface area contributed by atoms with Crippen molar-refractivity contribution in [3.05, 3.63) is 93.0 Å². The lowest BCUT2D eigenvalue weighted by Gasteiger charge is -2.40. The van der Waals surface area contributed by atoms with Crippen molar-refractivity contribution in [2.75, 3.05) is 49.1 Å². The van der Waals surface area contributed by atoms with Crippen LogP contribution in [0, 0.1) is 22.7 Å². The average Bonchev–Trinajstić information content (AvgIpc) is 3.85. The van der Waals surface area contributed by atoms with Crippen molar-refractivity contribution in [3.63, 3.8) is 0 Å². The highest BCUT2D eigenvalue weighted by Gasteiger charge is 2.44. The van der Waals surface area contributed by atoms with Crippen LogP contribution in [0.1, 0.15) is 102 Å². The Kier molecular flexibility index (Phi) is 9.73. The molecule has 0 aromatic heterocycles. The minimum absolute atomic E-state index is 0.0308. The van der Waals surface area contributed by atoms with Crippen molar-refractivity contribution in [2.24, 2.45) is 11.3 Å². The zero-order valence-corrected chi connectivity index (χ0v) is 33.4. The van der Waals surface area contributed by atoms with E-state index in [4.69, 9.17) is 11.6 Å². The molecule has 0 radical (unpaired) electrons. The molecule has 0 bridgehead atoms. The summed E-state index contributed by atoms with van der Waals surface area (Å²) in [5.41, 5.74) is 8.37. The maximum atomic E-state index is 13.6. The van der Waals surface area contributed by atoms with Crippen LogP contribution < -0.4 is 15.1 Å². The maximum Gasteiger partial charge on any atom is 0.254 e. The Morgan fingerprint density at radius 2 is 1.59 bits per heavy atom. The van der Waals surface area contributed by atoms with Crippen molar-refractivity contribution in [3.8, 4) is 6.07 Å². The first-order chi connectivity index (χ1) is 27.1. The summed E-state index contributed by atoms with van der Waals surface area (Å²) in [6.45, 7) is 12.3. The zero-order valence-electron chi connectivity index (χ0n) is 32.6. The summed E-state index contributed by atoms with van der Waals surface area (Å²) in [5.74, 6) is 0.841. The van der Waals surface area contributed by atoms with Crippen LogP contribution >= 0.6 is 11.6 Å². The number of nitrogens with one attached hydrogen (secondary N) is 1. The predicted octanol–water partition coefficient (Wildman–Crippen LogP) is 6.59. The molecule has 6 heterocycles. The van der Waals surface area contributed by atoms with Gasteiger partial charge in [-0.15, -0.1) is 0 Å². The Morgan fingerprint density at radius 1 is 0.875 bits per heavy atom. The van der Waals surface area contributed by atoms with Crippen molar-refractivity contribution in [2.45, 2.75) is 96.6 Å². The number of benzene rings is 3. The number of amides is 3. The zero-order chi connectivity index (χ0) is 38.7. The van der Waals surface area contributed by atoms with Gasteiger partial charge in [-0.25, -0.2) is 0 Å². The lowest BCUT2D eigenvalue weighted by molar-refractivity contribution is -0.124. The first-order valence-corrected chi connectivity index (χ1v) is 21.0. The number of fused-ring (bicyclic) bond motifs is 2. The molecule has 11 heteroatoms. The van der Waals surface area contributed by atoms with Gasteiger partial charge < -0.3 is 24.9 Å². The topological polar surface area (TPSA) is 103 Å². The quantitative estimate of drug-likeness (QED) is 0.302. The monoisotopic (exact) mass is 773 g/mol. The van der Waals surface area contributed by atoms with Gasteiger partial charge in [0.2, 0.25) is 5.91 Å². The molecule has 4 saturated heterocycles. The van der Waals surface area contributed by atoms with Crippen LogP contribution in [0.4, 0.5) is 11.4 Å². The fourth-order valence-corrected chi connectivity index (χ4v) is 11.0. The molecule has 9 rings (SSSR count). The molecule has 2 unspecified atom stereocenters. The predicted molar refractivity (Wildman–Crippen MR) is 218 cm³/mol. The Bertz CT molecular complexity index is 2080. The van der Waals surface area contributed by atoms with Gasteiger partial charge in [-0.05, 0) is 129 Å². The van der Waals surface area contributed by atoms with Gasteiger partial charge in [0.15, 0.2) is 0 Å². The van der Waals surface area contributed by atoms with Gasteiger partial charge in [0.1, 0.15) is 6.07 Å². The van der Waals surface area contributed by atoms with E-state index in [0.29, 0.717) is 35.5 Å². The van der Waals surface area contributed by atoms with Crippen LogP contribution in [0.5, 0.6) is 0 Å². The van der Waals surface area contributed by atoms with Crippen molar-refractivity contribution < 1.29 is 14.4 Å². The number of anilines is 2. The van der Waals surface area contributed by atoms with Crippen molar-refractivity contribution in [1.29, 1.82) is 5.26 Å². The number of hydrogen-bond acceptors (Lipinski definition) is 7. The lowest BCUT2D eigenvalue weighted by Crippen LogP contribution is -2.54. The van der Waals surface area contributed by atoms with Gasteiger partial charge in [-0.2, -0.15) is 5.26 Å². The summed E-state index contributed by atoms with van der Waals surface area (Å²) < 4.78 is 0. The molecule has 3 atom stereocenters. The number of carbonyl (C=O) groups excluding carboxylic acids is 3. The molecule has 1 N–H and O–H groups in total. The van der Waals surface area contributed by atoms with Gasteiger partial charge >= 0.3 is 0 Å². The Labute approximate surface area is 335 Å². The Balaban J connectivity index is 0.736. The first kappa shape index (κ1) is 37.0. The van der Waals surface area contributed by atoms with Gasteiger partial charge in [-0.3, -0.25) is 19.3 Å². The first-order valence-electron chi connectivity index (χ1n) is 20.6. The Morgan fingerprint density at radius 3 is 2.29 bits per heavy atom. The number of rotatable bonds is 6. The van der Waals surface area contributed by atoms with Gasteiger partial charge in [0.05, 0.1) is 16.6 Å². The van der Waals surface area contributed by atoms with E-state index in [9.17, 15) is 19.6 Å². The third kappa shape index (κ3) is 6.91. The van der Waals surface area contributed by atoms with Crippen LogP contribution in [-0.2, 0) is 24.4 Å². The van der Waals surface area contributed by atoms with Crippen LogP contribution in [0.2, 0.25) is 5.02 Å². The number of piperidine rings is 3. The van der Waals surface area contributed by atoms with Gasteiger partial charge in [0.25, 0.3) is 11.8 Å². The van der Waals surface area contributed by atoms with E-state index in [1.165, 1.54) is 16.8 Å². The lowest BCUT2D eigenvalue weighted by atomic mass is 9.76. The number of nitriles is 1. The van der Waals surface area contributed by atoms with Crippen LogP contribution in [-0.4, -0.2) is 89.8 Å². The molecule has 1 spiro atoms. The molecule has 4 fully saturated rings. The third-order valence-corrected chi connectivity index (χ3v) is 14.3. The van der Waals surface area contributed by atoms with Crippen LogP contribution in [0.15, 0.2) is 54.6 Å². The highest BCUT2D eigenvalue weighted by atomic mass is 35.5. The second-order valence-corrected chi connectivity index (χ2v) is 18.0. The van der Waals surface area contributed by atoms with Crippen molar-refractivity contribution >= 4 is 40.7 Å². The molecule has 3 aromatic carbocycles. The molecule has 10 nitrogen and oxygen atoms in total. The van der Waals surface area contributed by atoms with Crippen LogP contribution in [0.25, 0.3) is 0 Å². The van der Waals surface area contributed by atoms with Gasteiger partial charge in [-0.1, -0.05) is 17.7 Å². The highest BCUT2D eigenvalue weighted by molar-refractivity contribution is 6.32. The second kappa shape index (κ2) is 14.7.